The number of likely N-dealkylation sites (N-methyl/N-ethyl adjacent to an activating group) is 1. The number of nitrogens with one attached hydrogen (secondary N) is 1. The normalized spacial score (nSPS) is 10.6. The summed E-state index contributed by atoms with van der Waals surface area (Å²) in [4.78, 5) is 13.2. The van der Waals surface area contributed by atoms with Crippen LogP contribution in [0.3, 0.4) is 0 Å². The van der Waals surface area contributed by atoms with Gasteiger partial charge in [-0.25, -0.2) is 4.79 Å². The minimum absolute atomic E-state index is 0.539. The average molecular weight is 251 g/mol. The number of amides is 2. The second-order valence-corrected chi connectivity index (χ2v) is 4.01. The summed E-state index contributed by atoms with van der Waals surface area (Å²) in [5, 5.41) is 2.64. The summed E-state index contributed by atoms with van der Waals surface area (Å²) in [6.45, 7) is 5.33. The molecule has 0 aliphatic carbocycles. The van der Waals surface area contributed by atoms with Crippen LogP contribution in [-0.2, 0) is 11.3 Å². The summed E-state index contributed by atoms with van der Waals surface area (Å²) >= 11 is 0. The fourth-order valence-corrected chi connectivity index (χ4v) is 1.72. The van der Waals surface area contributed by atoms with E-state index in [9.17, 15) is 4.79 Å². The zero-order valence-corrected chi connectivity index (χ0v) is 11.0. The number of carbonyl (C=O) groups is 1. The number of rotatable bonds is 7. The van der Waals surface area contributed by atoms with E-state index in [1.54, 1.807) is 7.11 Å². The number of methoxy groups -OCH3 is 1. The van der Waals surface area contributed by atoms with Gasteiger partial charge in [0.2, 0.25) is 0 Å². The summed E-state index contributed by atoms with van der Waals surface area (Å²) in [5.74, 6) is 0. The quantitative estimate of drug-likeness (QED) is 0.774. The molecule has 0 fully saturated rings. The van der Waals surface area contributed by atoms with Gasteiger partial charge in [0.05, 0.1) is 6.61 Å². The van der Waals surface area contributed by atoms with Gasteiger partial charge in [-0.3, -0.25) is 4.90 Å². The Morgan fingerprint density at radius 3 is 2.78 bits per heavy atom. The maximum Gasteiger partial charge on any atom is 0.316 e. The molecule has 5 nitrogen and oxygen atoms in total. The summed E-state index contributed by atoms with van der Waals surface area (Å²) < 4.78 is 5.08. The minimum Gasteiger partial charge on any atom is -0.383 e. The van der Waals surface area contributed by atoms with Gasteiger partial charge in [0, 0.05) is 25.9 Å². The van der Waals surface area contributed by atoms with Gasteiger partial charge in [0.15, 0.2) is 0 Å². The van der Waals surface area contributed by atoms with E-state index in [-0.39, 0.29) is 0 Å². The van der Waals surface area contributed by atoms with Gasteiger partial charge >= 0.3 is 6.03 Å². The molecular weight excluding hydrogens is 230 g/mol. The molecule has 0 radical (unpaired) electrons. The lowest BCUT2D eigenvalue weighted by atomic mass is 10.1. The van der Waals surface area contributed by atoms with E-state index in [0.29, 0.717) is 6.61 Å². The van der Waals surface area contributed by atoms with Gasteiger partial charge in [0.25, 0.3) is 0 Å². The first-order valence-corrected chi connectivity index (χ1v) is 6.03. The zero-order chi connectivity index (χ0) is 13.4. The Morgan fingerprint density at radius 1 is 1.44 bits per heavy atom. The van der Waals surface area contributed by atoms with E-state index < -0.39 is 6.03 Å². The van der Waals surface area contributed by atoms with Gasteiger partial charge in [-0.05, 0) is 18.2 Å². The number of nitrogens with zero attached hydrogens (tertiary/aromatic N) is 1. The molecule has 0 atom stereocenters. The summed E-state index contributed by atoms with van der Waals surface area (Å²) in [5.41, 5.74) is 6.97. The largest absolute Gasteiger partial charge is 0.383 e. The van der Waals surface area contributed by atoms with Crippen LogP contribution < -0.4 is 11.1 Å². The van der Waals surface area contributed by atoms with Crippen LogP contribution in [0.15, 0.2) is 24.3 Å². The van der Waals surface area contributed by atoms with Crippen molar-refractivity contribution in [2.75, 3.05) is 32.1 Å². The van der Waals surface area contributed by atoms with Crippen LogP contribution in [0.1, 0.15) is 12.5 Å². The Morgan fingerprint density at radius 2 is 2.17 bits per heavy atom. The predicted molar refractivity (Wildman–Crippen MR) is 72.5 cm³/mol. The minimum atomic E-state index is -0.539. The molecule has 1 rings (SSSR count). The van der Waals surface area contributed by atoms with Gasteiger partial charge in [-0.15, -0.1) is 0 Å². The fourth-order valence-electron chi connectivity index (χ4n) is 1.72. The van der Waals surface area contributed by atoms with Crippen molar-refractivity contribution in [2.24, 2.45) is 5.73 Å². The Kier molecular flexibility index (Phi) is 6.18. The number of primary amides is 1. The monoisotopic (exact) mass is 251 g/mol. The molecule has 0 aliphatic rings. The van der Waals surface area contributed by atoms with Crippen LogP contribution in [-0.4, -0.2) is 37.7 Å². The molecule has 0 saturated heterocycles. The van der Waals surface area contributed by atoms with Crippen molar-refractivity contribution in [3.8, 4) is 0 Å². The molecule has 0 saturated carbocycles. The predicted octanol–water partition coefficient (Wildman–Crippen LogP) is 1.65. The Bertz CT molecular complexity index is 382. The van der Waals surface area contributed by atoms with E-state index in [4.69, 9.17) is 10.5 Å². The lowest BCUT2D eigenvalue weighted by molar-refractivity contribution is 0.147. The third-order valence-corrected chi connectivity index (χ3v) is 2.73. The van der Waals surface area contributed by atoms with Crippen LogP contribution in [0, 0.1) is 0 Å². The number of carbonyl (C=O) groups excluding carboxylic acids is 1. The van der Waals surface area contributed by atoms with Crippen molar-refractivity contribution < 1.29 is 9.53 Å². The molecule has 1 aromatic rings. The molecule has 2 amide bonds. The number of benzene rings is 1. The van der Waals surface area contributed by atoms with Crippen molar-refractivity contribution in [2.45, 2.75) is 13.5 Å². The highest BCUT2D eigenvalue weighted by Gasteiger charge is 2.08. The highest BCUT2D eigenvalue weighted by molar-refractivity contribution is 5.88. The SMILES string of the molecule is CCN(CCOC)Cc1ccccc1NC(N)=O. The zero-order valence-electron chi connectivity index (χ0n) is 11.0. The van der Waals surface area contributed by atoms with Crippen LogP contribution in [0.5, 0.6) is 0 Å². The lowest BCUT2D eigenvalue weighted by Crippen LogP contribution is -2.28. The molecule has 0 heterocycles. The molecular formula is C13H21N3O2. The molecule has 5 heteroatoms. The van der Waals surface area contributed by atoms with Crippen molar-refractivity contribution in [3.63, 3.8) is 0 Å². The third kappa shape index (κ3) is 4.73. The number of para-hydroxylation sites is 1. The first-order chi connectivity index (χ1) is 8.67. The number of ether oxygens (including phenoxy) is 1. The second kappa shape index (κ2) is 7.68. The molecule has 100 valence electrons. The van der Waals surface area contributed by atoms with Crippen molar-refractivity contribution in [1.82, 2.24) is 4.90 Å². The molecule has 18 heavy (non-hydrogen) atoms. The summed E-state index contributed by atoms with van der Waals surface area (Å²) in [6, 6.07) is 7.12. The van der Waals surface area contributed by atoms with Crippen LogP contribution >= 0.6 is 0 Å². The maximum absolute atomic E-state index is 10.9. The molecule has 0 spiro atoms. The number of anilines is 1. The standard InChI is InChI=1S/C13H21N3O2/c1-3-16(8-9-18-2)10-11-6-4-5-7-12(11)15-13(14)17/h4-7H,3,8-10H2,1-2H3,(H3,14,15,17). The highest BCUT2D eigenvalue weighted by atomic mass is 16.5. The van der Waals surface area contributed by atoms with Crippen molar-refractivity contribution in [1.29, 1.82) is 0 Å². The van der Waals surface area contributed by atoms with Crippen LogP contribution in [0.25, 0.3) is 0 Å². The van der Waals surface area contributed by atoms with E-state index in [1.165, 1.54) is 0 Å². The van der Waals surface area contributed by atoms with Crippen LogP contribution in [0.4, 0.5) is 10.5 Å². The highest BCUT2D eigenvalue weighted by Crippen LogP contribution is 2.16. The first kappa shape index (κ1) is 14.5. The van der Waals surface area contributed by atoms with E-state index in [1.807, 2.05) is 24.3 Å². The van der Waals surface area contributed by atoms with Gasteiger partial charge in [-0.2, -0.15) is 0 Å². The Balaban J connectivity index is 2.72. The van der Waals surface area contributed by atoms with Gasteiger partial charge in [0.1, 0.15) is 0 Å². The maximum atomic E-state index is 10.9. The molecule has 0 aromatic heterocycles. The average Bonchev–Trinajstić information content (AvgIpc) is 2.35. The first-order valence-electron chi connectivity index (χ1n) is 6.03. The second-order valence-electron chi connectivity index (χ2n) is 4.01. The molecule has 0 aliphatic heterocycles. The smallest absolute Gasteiger partial charge is 0.316 e. The summed E-state index contributed by atoms with van der Waals surface area (Å²) in [7, 11) is 1.69. The molecule has 3 N–H and O–H groups in total. The fraction of sp³-hybridized carbons (Fsp3) is 0.462. The number of hydrogen-bond donors (Lipinski definition) is 2. The lowest BCUT2D eigenvalue weighted by Gasteiger charge is -2.21. The van der Waals surface area contributed by atoms with Crippen molar-refractivity contribution in [3.05, 3.63) is 29.8 Å². The number of nitrogens with two attached hydrogens (primary N) is 1. The van der Waals surface area contributed by atoms with Crippen LogP contribution in [0.2, 0.25) is 0 Å². The van der Waals surface area contributed by atoms with Gasteiger partial charge in [-0.1, -0.05) is 25.1 Å². The van der Waals surface area contributed by atoms with E-state index >= 15 is 0 Å². The molecule has 0 bridgehead atoms. The van der Waals surface area contributed by atoms with E-state index in [0.717, 1.165) is 30.9 Å². The Hall–Kier alpha value is -1.59. The third-order valence-electron chi connectivity index (χ3n) is 2.73. The molecule has 1 aromatic carbocycles. The number of hydrogen-bond acceptors (Lipinski definition) is 3. The Labute approximate surface area is 108 Å². The topological polar surface area (TPSA) is 67.6 Å². The van der Waals surface area contributed by atoms with E-state index in [2.05, 4.69) is 17.1 Å². The molecule has 0 unspecified atom stereocenters. The number of urea groups is 1. The van der Waals surface area contributed by atoms with Crippen molar-refractivity contribution >= 4 is 11.7 Å². The van der Waals surface area contributed by atoms with Gasteiger partial charge < -0.3 is 15.8 Å². The summed E-state index contributed by atoms with van der Waals surface area (Å²) in [6.07, 6.45) is 0.